The highest BCUT2D eigenvalue weighted by molar-refractivity contribution is 4.82. The van der Waals surface area contributed by atoms with E-state index < -0.39 is 0 Å². The lowest BCUT2D eigenvalue weighted by atomic mass is 9.83. The van der Waals surface area contributed by atoms with Crippen molar-refractivity contribution in [3.05, 3.63) is 0 Å². The maximum atomic E-state index is 2.65. The standard InChI is InChI=1S/C12H25N.C2H6/c1-10(2)13-8-6-7-12(4,5)9-11(13)3;1-2/h10-11H,6-9H2,1-5H3;1-2H3. The van der Waals surface area contributed by atoms with Gasteiger partial charge in [-0.1, -0.05) is 27.7 Å². The average Bonchev–Trinajstić information content (AvgIpc) is 2.26. The van der Waals surface area contributed by atoms with Crippen LogP contribution in [0, 0.1) is 5.41 Å². The zero-order valence-corrected chi connectivity index (χ0v) is 11.9. The summed E-state index contributed by atoms with van der Waals surface area (Å²) < 4.78 is 0. The molecule has 1 nitrogen and oxygen atoms in total. The van der Waals surface area contributed by atoms with Crippen LogP contribution in [0.25, 0.3) is 0 Å². The molecule has 1 aliphatic rings. The van der Waals surface area contributed by atoms with Crippen molar-refractivity contribution in [3.8, 4) is 0 Å². The van der Waals surface area contributed by atoms with Gasteiger partial charge in [0.05, 0.1) is 0 Å². The fraction of sp³-hybridized carbons (Fsp3) is 1.00. The topological polar surface area (TPSA) is 3.24 Å². The van der Waals surface area contributed by atoms with Crippen LogP contribution in [0.3, 0.4) is 0 Å². The first kappa shape index (κ1) is 15.0. The van der Waals surface area contributed by atoms with Crippen molar-refractivity contribution < 1.29 is 0 Å². The van der Waals surface area contributed by atoms with Crippen molar-refractivity contribution in [3.63, 3.8) is 0 Å². The molecular formula is C14H31N. The smallest absolute Gasteiger partial charge is 0.00747 e. The third-order valence-electron chi connectivity index (χ3n) is 3.35. The molecule has 1 heteroatoms. The van der Waals surface area contributed by atoms with Crippen LogP contribution >= 0.6 is 0 Å². The van der Waals surface area contributed by atoms with Crippen molar-refractivity contribution in [2.75, 3.05) is 6.54 Å². The summed E-state index contributed by atoms with van der Waals surface area (Å²) in [5, 5.41) is 0. The van der Waals surface area contributed by atoms with Gasteiger partial charge in [0.2, 0.25) is 0 Å². The Morgan fingerprint density at radius 1 is 1.20 bits per heavy atom. The molecule has 1 rings (SSSR count). The van der Waals surface area contributed by atoms with E-state index in [0.29, 0.717) is 11.5 Å². The number of hydrogen-bond acceptors (Lipinski definition) is 1. The molecule has 0 aromatic carbocycles. The zero-order valence-electron chi connectivity index (χ0n) is 11.9. The van der Waals surface area contributed by atoms with Gasteiger partial charge in [0, 0.05) is 12.1 Å². The molecule has 0 bridgehead atoms. The number of likely N-dealkylation sites (tertiary alicyclic amines) is 1. The van der Waals surface area contributed by atoms with Gasteiger partial charge in [-0.25, -0.2) is 0 Å². The van der Waals surface area contributed by atoms with E-state index in [-0.39, 0.29) is 0 Å². The molecule has 1 unspecified atom stereocenters. The lowest BCUT2D eigenvalue weighted by Gasteiger charge is -2.33. The first-order chi connectivity index (χ1) is 6.92. The maximum absolute atomic E-state index is 2.65. The number of nitrogens with zero attached hydrogens (tertiary/aromatic N) is 1. The summed E-state index contributed by atoms with van der Waals surface area (Å²) in [5.41, 5.74) is 0.559. The lowest BCUT2D eigenvalue weighted by Crippen LogP contribution is -2.39. The molecular weight excluding hydrogens is 182 g/mol. The SMILES string of the molecule is CC.CC(C)N1CCCC(C)(C)CC1C. The van der Waals surface area contributed by atoms with Gasteiger partial charge in [-0.05, 0) is 52.0 Å². The molecule has 0 N–H and O–H groups in total. The molecule has 15 heavy (non-hydrogen) atoms. The molecule has 0 spiro atoms. The quantitative estimate of drug-likeness (QED) is 0.627. The Morgan fingerprint density at radius 2 is 1.73 bits per heavy atom. The van der Waals surface area contributed by atoms with E-state index in [1.807, 2.05) is 13.8 Å². The molecule has 1 atom stereocenters. The van der Waals surface area contributed by atoms with E-state index in [0.717, 1.165) is 6.04 Å². The summed E-state index contributed by atoms with van der Waals surface area (Å²) >= 11 is 0. The second-order valence-electron chi connectivity index (χ2n) is 5.65. The summed E-state index contributed by atoms with van der Waals surface area (Å²) in [6.07, 6.45) is 4.11. The minimum atomic E-state index is 0.559. The maximum Gasteiger partial charge on any atom is 0.00747 e. The van der Waals surface area contributed by atoms with Crippen molar-refractivity contribution in [1.82, 2.24) is 4.90 Å². The molecule has 0 saturated carbocycles. The Balaban J connectivity index is 0.000000921. The Labute approximate surface area is 97.2 Å². The number of rotatable bonds is 1. The van der Waals surface area contributed by atoms with Crippen LogP contribution in [-0.2, 0) is 0 Å². The average molecular weight is 213 g/mol. The minimum Gasteiger partial charge on any atom is -0.298 e. The van der Waals surface area contributed by atoms with Gasteiger partial charge in [0.15, 0.2) is 0 Å². The highest BCUT2D eigenvalue weighted by Crippen LogP contribution is 2.33. The summed E-state index contributed by atoms with van der Waals surface area (Å²) in [4.78, 5) is 2.65. The molecule has 0 aromatic rings. The Morgan fingerprint density at radius 3 is 2.20 bits per heavy atom. The molecule has 0 aromatic heterocycles. The molecule has 1 saturated heterocycles. The van der Waals surface area contributed by atoms with Crippen LogP contribution in [0.1, 0.15) is 67.7 Å². The van der Waals surface area contributed by atoms with E-state index in [1.165, 1.54) is 25.8 Å². The van der Waals surface area contributed by atoms with Crippen LogP contribution in [0.15, 0.2) is 0 Å². The highest BCUT2D eigenvalue weighted by Gasteiger charge is 2.28. The molecule has 1 heterocycles. The molecule has 1 fully saturated rings. The van der Waals surface area contributed by atoms with E-state index in [4.69, 9.17) is 0 Å². The van der Waals surface area contributed by atoms with Gasteiger partial charge in [-0.15, -0.1) is 0 Å². The van der Waals surface area contributed by atoms with Gasteiger partial charge in [0.25, 0.3) is 0 Å². The van der Waals surface area contributed by atoms with E-state index in [2.05, 4.69) is 39.5 Å². The molecule has 1 aliphatic heterocycles. The van der Waals surface area contributed by atoms with Crippen molar-refractivity contribution >= 4 is 0 Å². The summed E-state index contributed by atoms with van der Waals surface area (Å²) in [7, 11) is 0. The summed E-state index contributed by atoms with van der Waals surface area (Å²) in [6, 6.07) is 1.47. The minimum absolute atomic E-state index is 0.559. The predicted octanol–water partition coefficient (Wildman–Crippen LogP) is 4.32. The second-order valence-corrected chi connectivity index (χ2v) is 5.65. The van der Waals surface area contributed by atoms with Crippen LogP contribution in [-0.4, -0.2) is 23.5 Å². The molecule has 0 radical (unpaired) electrons. The third kappa shape index (κ3) is 5.01. The lowest BCUT2D eigenvalue weighted by molar-refractivity contribution is 0.151. The van der Waals surface area contributed by atoms with Crippen LogP contribution in [0.2, 0.25) is 0 Å². The predicted molar refractivity (Wildman–Crippen MR) is 70.3 cm³/mol. The monoisotopic (exact) mass is 213 g/mol. The first-order valence-corrected chi connectivity index (χ1v) is 6.68. The Bertz CT molecular complexity index is 161. The number of hydrogen-bond donors (Lipinski definition) is 0. The van der Waals surface area contributed by atoms with E-state index in [9.17, 15) is 0 Å². The van der Waals surface area contributed by atoms with Gasteiger partial charge in [-0.3, -0.25) is 4.90 Å². The van der Waals surface area contributed by atoms with Gasteiger partial charge < -0.3 is 0 Å². The third-order valence-corrected chi connectivity index (χ3v) is 3.35. The molecule has 0 aliphatic carbocycles. The zero-order chi connectivity index (χ0) is 12.1. The van der Waals surface area contributed by atoms with Gasteiger partial charge in [-0.2, -0.15) is 0 Å². The first-order valence-electron chi connectivity index (χ1n) is 6.68. The largest absolute Gasteiger partial charge is 0.298 e. The highest BCUT2D eigenvalue weighted by atomic mass is 15.2. The fourth-order valence-electron chi connectivity index (χ4n) is 2.75. The van der Waals surface area contributed by atoms with Crippen LogP contribution in [0.4, 0.5) is 0 Å². The van der Waals surface area contributed by atoms with Gasteiger partial charge in [0.1, 0.15) is 0 Å². The van der Waals surface area contributed by atoms with E-state index >= 15 is 0 Å². The fourth-order valence-corrected chi connectivity index (χ4v) is 2.75. The Hall–Kier alpha value is -0.0400. The van der Waals surface area contributed by atoms with Gasteiger partial charge >= 0.3 is 0 Å². The Kier molecular flexibility index (Phi) is 6.51. The van der Waals surface area contributed by atoms with E-state index in [1.54, 1.807) is 0 Å². The normalized spacial score (nSPS) is 26.8. The molecule has 92 valence electrons. The summed E-state index contributed by atoms with van der Waals surface area (Å²) in [5.74, 6) is 0. The van der Waals surface area contributed by atoms with Crippen LogP contribution < -0.4 is 0 Å². The summed E-state index contributed by atoms with van der Waals surface area (Å²) in [6.45, 7) is 17.1. The van der Waals surface area contributed by atoms with Crippen molar-refractivity contribution in [2.24, 2.45) is 5.41 Å². The van der Waals surface area contributed by atoms with Crippen molar-refractivity contribution in [1.29, 1.82) is 0 Å². The van der Waals surface area contributed by atoms with Crippen molar-refractivity contribution in [2.45, 2.75) is 79.8 Å². The molecule has 0 amide bonds. The van der Waals surface area contributed by atoms with Crippen LogP contribution in [0.5, 0.6) is 0 Å². The second kappa shape index (κ2) is 6.52.